The molecular weight excluding hydrogens is 645 g/mol. The lowest BCUT2D eigenvalue weighted by molar-refractivity contribution is 0.0647. The lowest BCUT2D eigenvalue weighted by atomic mass is 9.91. The van der Waals surface area contributed by atoms with Crippen LogP contribution >= 0.6 is 0 Å². The second kappa shape index (κ2) is 15.3. The van der Waals surface area contributed by atoms with Crippen LogP contribution in [0.1, 0.15) is 84.8 Å². The fourth-order valence-corrected chi connectivity index (χ4v) is 8.85. The number of pyridine rings is 1. The SMILES string of the molecule is CCN(C(=O)c1c(CN2CCC(NC(=O)OCC3c4ccccc4-c4ccccc43)CC2)c(-c2ccccc2)nc2ccccc12)C1CCCCC1. The Morgan fingerprint density at radius 2 is 1.42 bits per heavy atom. The van der Waals surface area contributed by atoms with Gasteiger partial charge in [-0.25, -0.2) is 9.78 Å². The molecule has 0 atom stereocenters. The van der Waals surface area contributed by atoms with Crippen molar-refractivity contribution in [2.45, 2.75) is 76.4 Å². The summed E-state index contributed by atoms with van der Waals surface area (Å²) < 4.78 is 5.88. The number of ether oxygens (including phenoxy) is 1. The Balaban J connectivity index is 0.992. The minimum atomic E-state index is -0.361. The molecule has 1 saturated carbocycles. The third kappa shape index (κ3) is 6.82. The molecule has 4 aromatic carbocycles. The van der Waals surface area contributed by atoms with Crippen molar-refractivity contribution in [2.75, 3.05) is 26.2 Å². The summed E-state index contributed by atoms with van der Waals surface area (Å²) in [6.45, 7) is 5.31. The highest BCUT2D eigenvalue weighted by Crippen LogP contribution is 2.44. The Morgan fingerprint density at radius 1 is 0.788 bits per heavy atom. The van der Waals surface area contributed by atoms with Crippen LogP contribution in [0.15, 0.2) is 103 Å². The van der Waals surface area contributed by atoms with E-state index in [1.165, 1.54) is 41.5 Å². The largest absolute Gasteiger partial charge is 0.449 e. The molecule has 0 spiro atoms. The zero-order chi connectivity index (χ0) is 35.4. The molecule has 0 bridgehead atoms. The van der Waals surface area contributed by atoms with Gasteiger partial charge in [-0.15, -0.1) is 0 Å². The molecule has 7 nitrogen and oxygen atoms in total. The number of likely N-dealkylation sites (tertiary alicyclic amines) is 1. The van der Waals surface area contributed by atoms with E-state index in [1.807, 2.05) is 36.4 Å². The minimum absolute atomic E-state index is 0.0261. The molecule has 2 amide bonds. The zero-order valence-electron chi connectivity index (χ0n) is 30.1. The number of nitrogens with zero attached hydrogens (tertiary/aromatic N) is 3. The molecular formula is C45H48N4O3. The van der Waals surface area contributed by atoms with Crippen LogP contribution in [-0.2, 0) is 11.3 Å². The Kier molecular flexibility index (Phi) is 10.0. The maximum atomic E-state index is 14.8. The quantitative estimate of drug-likeness (QED) is 0.167. The third-order valence-corrected chi connectivity index (χ3v) is 11.5. The van der Waals surface area contributed by atoms with Gasteiger partial charge in [0.05, 0.1) is 16.8 Å². The molecule has 1 aromatic heterocycles. The van der Waals surface area contributed by atoms with Crippen molar-refractivity contribution in [1.29, 1.82) is 0 Å². The van der Waals surface area contributed by atoms with E-state index in [4.69, 9.17) is 9.72 Å². The predicted molar refractivity (Wildman–Crippen MR) is 207 cm³/mol. The van der Waals surface area contributed by atoms with Gasteiger partial charge in [0, 0.05) is 60.7 Å². The van der Waals surface area contributed by atoms with Crippen LogP contribution in [-0.4, -0.2) is 65.1 Å². The molecule has 3 aliphatic rings. The number of carbonyl (C=O) groups excluding carboxylic acids is 2. The van der Waals surface area contributed by atoms with Gasteiger partial charge < -0.3 is 15.0 Å². The van der Waals surface area contributed by atoms with E-state index in [0.717, 1.165) is 72.1 Å². The molecule has 0 radical (unpaired) electrons. The van der Waals surface area contributed by atoms with E-state index in [9.17, 15) is 9.59 Å². The molecule has 52 heavy (non-hydrogen) atoms. The number of aromatic nitrogens is 1. The number of alkyl carbamates (subject to hydrolysis) is 1. The summed E-state index contributed by atoms with van der Waals surface area (Å²) in [4.78, 5) is 37.7. The summed E-state index contributed by atoms with van der Waals surface area (Å²) in [6.07, 6.45) is 6.97. The summed E-state index contributed by atoms with van der Waals surface area (Å²) in [7, 11) is 0. The first-order chi connectivity index (χ1) is 25.6. The average molecular weight is 693 g/mol. The van der Waals surface area contributed by atoms with Gasteiger partial charge in [0.25, 0.3) is 5.91 Å². The van der Waals surface area contributed by atoms with Crippen molar-refractivity contribution >= 4 is 22.9 Å². The molecule has 0 unspecified atom stereocenters. The first kappa shape index (κ1) is 34.1. The summed E-state index contributed by atoms with van der Waals surface area (Å²) in [5.41, 5.74) is 9.38. The maximum absolute atomic E-state index is 14.8. The maximum Gasteiger partial charge on any atom is 0.407 e. The van der Waals surface area contributed by atoms with Crippen molar-refractivity contribution in [3.05, 3.63) is 125 Å². The first-order valence-electron chi connectivity index (χ1n) is 19.2. The Morgan fingerprint density at radius 3 is 2.12 bits per heavy atom. The van der Waals surface area contributed by atoms with Crippen LogP contribution in [0.3, 0.4) is 0 Å². The van der Waals surface area contributed by atoms with Crippen LogP contribution in [0.4, 0.5) is 4.79 Å². The van der Waals surface area contributed by atoms with Crippen molar-refractivity contribution in [3.8, 4) is 22.4 Å². The molecule has 266 valence electrons. The number of carbonyl (C=O) groups is 2. The number of benzene rings is 4. The van der Waals surface area contributed by atoms with Crippen LogP contribution in [0.2, 0.25) is 0 Å². The predicted octanol–water partition coefficient (Wildman–Crippen LogP) is 9.20. The number of hydrogen-bond acceptors (Lipinski definition) is 5. The van der Waals surface area contributed by atoms with E-state index in [1.54, 1.807) is 0 Å². The number of nitrogens with one attached hydrogen (secondary N) is 1. The number of fused-ring (bicyclic) bond motifs is 4. The molecule has 2 aliphatic carbocycles. The fraction of sp³-hybridized carbons (Fsp3) is 0.356. The van der Waals surface area contributed by atoms with Gasteiger partial charge in [-0.2, -0.15) is 0 Å². The monoisotopic (exact) mass is 692 g/mol. The smallest absolute Gasteiger partial charge is 0.407 e. The van der Waals surface area contributed by atoms with Gasteiger partial charge in [-0.1, -0.05) is 116 Å². The van der Waals surface area contributed by atoms with Crippen molar-refractivity contribution in [2.24, 2.45) is 0 Å². The van der Waals surface area contributed by atoms with E-state index < -0.39 is 0 Å². The van der Waals surface area contributed by atoms with Crippen LogP contribution in [0.25, 0.3) is 33.3 Å². The highest BCUT2D eigenvalue weighted by atomic mass is 16.5. The fourth-order valence-electron chi connectivity index (χ4n) is 8.85. The molecule has 1 N–H and O–H groups in total. The molecule has 2 heterocycles. The number of para-hydroxylation sites is 1. The van der Waals surface area contributed by atoms with Crippen molar-refractivity contribution in [3.63, 3.8) is 0 Å². The highest BCUT2D eigenvalue weighted by molar-refractivity contribution is 6.09. The number of hydrogen-bond donors (Lipinski definition) is 1. The van der Waals surface area contributed by atoms with Gasteiger partial charge >= 0.3 is 6.09 Å². The number of amides is 2. The van der Waals surface area contributed by atoms with Crippen LogP contribution < -0.4 is 5.32 Å². The zero-order valence-corrected chi connectivity index (χ0v) is 30.1. The summed E-state index contributed by atoms with van der Waals surface area (Å²) >= 11 is 0. The molecule has 8 rings (SSSR count). The molecule has 1 aliphatic heterocycles. The van der Waals surface area contributed by atoms with Gasteiger partial charge in [0.15, 0.2) is 0 Å². The third-order valence-electron chi connectivity index (χ3n) is 11.5. The van der Waals surface area contributed by atoms with Crippen LogP contribution in [0, 0.1) is 0 Å². The van der Waals surface area contributed by atoms with Crippen LogP contribution in [0.5, 0.6) is 0 Å². The van der Waals surface area contributed by atoms with Gasteiger partial charge in [0.1, 0.15) is 6.61 Å². The Labute approximate surface area is 307 Å². The minimum Gasteiger partial charge on any atom is -0.449 e. The molecule has 5 aromatic rings. The first-order valence-corrected chi connectivity index (χ1v) is 19.2. The summed E-state index contributed by atoms with van der Waals surface area (Å²) in [5.74, 6) is 0.153. The molecule has 1 saturated heterocycles. The average Bonchev–Trinajstić information content (AvgIpc) is 3.52. The normalized spacial score (nSPS) is 16.7. The standard InChI is InChI=1S/C45H48N4O3/c1-2-49(33-17-7-4-8-18-33)44(50)42-38-23-13-14-24-41(38)47-43(31-15-5-3-6-16-31)39(42)29-48-27-25-32(26-28-48)46-45(51)52-30-40-36-21-11-9-19-34(36)35-20-10-12-22-37(35)40/h3,5-6,9-16,19-24,32-33,40H,2,4,7-8,17-18,25-30H2,1H3,(H,46,51). The topological polar surface area (TPSA) is 74.8 Å². The van der Waals surface area contributed by atoms with Gasteiger partial charge in [-0.3, -0.25) is 9.69 Å². The second-order valence-electron chi connectivity index (χ2n) is 14.6. The van der Waals surface area contributed by atoms with Gasteiger partial charge in [0.2, 0.25) is 0 Å². The Bertz CT molecular complexity index is 2000. The van der Waals surface area contributed by atoms with E-state index in [-0.39, 0.29) is 30.0 Å². The summed E-state index contributed by atoms with van der Waals surface area (Å²) in [6, 6.07) is 35.5. The number of rotatable bonds is 9. The summed E-state index contributed by atoms with van der Waals surface area (Å²) in [5, 5.41) is 4.08. The van der Waals surface area contributed by atoms with E-state index in [2.05, 4.69) is 88.8 Å². The van der Waals surface area contributed by atoms with Gasteiger partial charge in [-0.05, 0) is 60.9 Å². The number of piperidine rings is 1. The Hall–Kier alpha value is -5.01. The van der Waals surface area contributed by atoms with E-state index in [0.29, 0.717) is 19.7 Å². The second-order valence-corrected chi connectivity index (χ2v) is 14.6. The lowest BCUT2D eigenvalue weighted by Gasteiger charge is -2.36. The molecule has 7 heteroatoms. The van der Waals surface area contributed by atoms with Crippen molar-refractivity contribution in [1.82, 2.24) is 20.1 Å². The molecule has 2 fully saturated rings. The van der Waals surface area contributed by atoms with E-state index >= 15 is 0 Å². The highest BCUT2D eigenvalue weighted by Gasteiger charge is 2.32. The lowest BCUT2D eigenvalue weighted by Crippen LogP contribution is -2.45. The van der Waals surface area contributed by atoms with Crippen molar-refractivity contribution < 1.29 is 14.3 Å².